The van der Waals surface area contributed by atoms with Gasteiger partial charge in [0.2, 0.25) is 0 Å². The summed E-state index contributed by atoms with van der Waals surface area (Å²) in [6.45, 7) is 6.62. The Morgan fingerprint density at radius 3 is 2.57 bits per heavy atom. The molecule has 0 spiro atoms. The zero-order valence-corrected chi connectivity index (χ0v) is 19.3. The van der Waals surface area contributed by atoms with Gasteiger partial charge in [-0.25, -0.2) is 0 Å². The smallest absolute Gasteiger partial charge is 0.266 e. The lowest BCUT2D eigenvalue weighted by Crippen LogP contribution is -2.27. The number of hydrogen-bond acceptors (Lipinski definition) is 5. The van der Waals surface area contributed by atoms with Gasteiger partial charge in [0.05, 0.1) is 11.5 Å². The van der Waals surface area contributed by atoms with E-state index in [1.807, 2.05) is 19.1 Å². The Kier molecular flexibility index (Phi) is 7.83. The largest absolute Gasteiger partial charge is 0.490 e. The van der Waals surface area contributed by atoms with Crippen LogP contribution in [0.2, 0.25) is 10.0 Å². The minimum Gasteiger partial charge on any atom is -0.490 e. The molecule has 0 aromatic heterocycles. The number of nitrogens with zero attached hydrogens (tertiary/aromatic N) is 1. The second-order valence-electron chi connectivity index (χ2n) is 6.21. The van der Waals surface area contributed by atoms with Gasteiger partial charge in [0, 0.05) is 22.2 Å². The third-order valence-corrected chi connectivity index (χ3v) is 6.27. The molecule has 2 aromatic carbocycles. The normalized spacial score (nSPS) is 15.0. The van der Waals surface area contributed by atoms with Crippen LogP contribution in [0.3, 0.4) is 0 Å². The first-order chi connectivity index (χ1) is 14.4. The number of ether oxygens (including phenoxy) is 2. The molecule has 1 aliphatic rings. The molecule has 1 heterocycles. The fourth-order valence-electron chi connectivity index (χ4n) is 2.76. The number of thiocarbonyl (C=S) groups is 1. The minimum atomic E-state index is -0.128. The highest BCUT2D eigenvalue weighted by Crippen LogP contribution is 2.35. The third kappa shape index (κ3) is 5.19. The Morgan fingerprint density at radius 2 is 1.90 bits per heavy atom. The minimum absolute atomic E-state index is 0.128. The van der Waals surface area contributed by atoms with E-state index in [1.54, 1.807) is 36.4 Å². The van der Waals surface area contributed by atoms with Gasteiger partial charge in [-0.3, -0.25) is 9.69 Å². The summed E-state index contributed by atoms with van der Waals surface area (Å²) in [6.07, 6.45) is 3.44. The van der Waals surface area contributed by atoms with E-state index < -0.39 is 0 Å². The maximum atomic E-state index is 12.5. The van der Waals surface area contributed by atoms with E-state index in [9.17, 15) is 4.79 Å². The predicted octanol–water partition coefficient (Wildman–Crippen LogP) is 6.36. The van der Waals surface area contributed by atoms with Crippen LogP contribution in [0.1, 0.15) is 18.1 Å². The van der Waals surface area contributed by atoms with Gasteiger partial charge in [0.25, 0.3) is 5.91 Å². The first kappa shape index (κ1) is 22.7. The Morgan fingerprint density at radius 1 is 1.17 bits per heavy atom. The molecule has 0 saturated carbocycles. The molecule has 0 N–H and O–H groups in total. The van der Waals surface area contributed by atoms with Gasteiger partial charge < -0.3 is 9.47 Å². The molecule has 30 heavy (non-hydrogen) atoms. The van der Waals surface area contributed by atoms with Crippen LogP contribution in [0.25, 0.3) is 6.08 Å². The average molecular weight is 480 g/mol. The molecule has 1 amide bonds. The van der Waals surface area contributed by atoms with Crippen molar-refractivity contribution in [2.45, 2.75) is 13.5 Å². The number of carbonyl (C=O) groups is 1. The van der Waals surface area contributed by atoms with Crippen LogP contribution < -0.4 is 9.47 Å². The molecule has 1 saturated heterocycles. The zero-order valence-electron chi connectivity index (χ0n) is 16.2. The summed E-state index contributed by atoms with van der Waals surface area (Å²) in [4.78, 5) is 14.6. The summed E-state index contributed by atoms with van der Waals surface area (Å²) in [7, 11) is 0. The maximum Gasteiger partial charge on any atom is 0.266 e. The highest BCUT2D eigenvalue weighted by molar-refractivity contribution is 8.26. The number of hydrogen-bond donors (Lipinski definition) is 0. The summed E-state index contributed by atoms with van der Waals surface area (Å²) in [5.74, 6) is 0.997. The summed E-state index contributed by atoms with van der Waals surface area (Å²) in [6, 6.07) is 10.8. The first-order valence-electron chi connectivity index (χ1n) is 9.13. The molecule has 156 valence electrons. The van der Waals surface area contributed by atoms with Crippen LogP contribution in [-0.2, 0) is 11.4 Å². The van der Waals surface area contributed by atoms with Crippen LogP contribution in [-0.4, -0.2) is 28.3 Å². The van der Waals surface area contributed by atoms with Gasteiger partial charge in [-0.1, -0.05) is 65.4 Å². The van der Waals surface area contributed by atoms with Crippen molar-refractivity contribution in [3.8, 4) is 11.5 Å². The van der Waals surface area contributed by atoms with Crippen molar-refractivity contribution in [3.63, 3.8) is 0 Å². The van der Waals surface area contributed by atoms with Crippen molar-refractivity contribution in [1.82, 2.24) is 4.90 Å². The van der Waals surface area contributed by atoms with Crippen molar-refractivity contribution in [2.75, 3.05) is 13.2 Å². The summed E-state index contributed by atoms with van der Waals surface area (Å²) in [5, 5.41) is 1.08. The first-order valence-corrected chi connectivity index (χ1v) is 11.1. The molecular weight excluding hydrogens is 461 g/mol. The highest BCUT2D eigenvalue weighted by Gasteiger charge is 2.31. The lowest BCUT2D eigenvalue weighted by molar-refractivity contribution is -0.121. The van der Waals surface area contributed by atoms with E-state index in [2.05, 4.69) is 6.58 Å². The molecule has 3 rings (SSSR count). The number of amides is 1. The van der Waals surface area contributed by atoms with Gasteiger partial charge >= 0.3 is 0 Å². The Balaban J connectivity index is 1.82. The fourth-order valence-corrected chi connectivity index (χ4v) is 4.54. The van der Waals surface area contributed by atoms with Crippen molar-refractivity contribution in [1.29, 1.82) is 0 Å². The fraction of sp³-hybridized carbons (Fsp3) is 0.182. The van der Waals surface area contributed by atoms with E-state index in [4.69, 9.17) is 44.9 Å². The van der Waals surface area contributed by atoms with Gasteiger partial charge in [-0.2, -0.15) is 0 Å². The van der Waals surface area contributed by atoms with Crippen LogP contribution in [0.4, 0.5) is 0 Å². The Hall–Kier alpha value is -1.99. The van der Waals surface area contributed by atoms with E-state index >= 15 is 0 Å². The number of halogens is 2. The monoisotopic (exact) mass is 479 g/mol. The van der Waals surface area contributed by atoms with Crippen LogP contribution >= 0.6 is 47.2 Å². The number of benzene rings is 2. The lowest BCUT2D eigenvalue weighted by atomic mass is 10.1. The van der Waals surface area contributed by atoms with Crippen LogP contribution in [0.15, 0.2) is 54.0 Å². The quantitative estimate of drug-likeness (QED) is 0.250. The third-order valence-electron chi connectivity index (χ3n) is 4.18. The topological polar surface area (TPSA) is 38.8 Å². The highest BCUT2D eigenvalue weighted by atomic mass is 35.5. The SMILES string of the molecule is C=CCN1C(=O)/C(=C\c2ccc(OCc3c(Cl)cccc3Cl)c(OCC)c2)SC1=S. The second kappa shape index (κ2) is 10.4. The molecule has 0 bridgehead atoms. The molecule has 4 nitrogen and oxygen atoms in total. The average Bonchev–Trinajstić information content (AvgIpc) is 2.97. The van der Waals surface area contributed by atoms with E-state index in [0.29, 0.717) is 49.5 Å². The van der Waals surface area contributed by atoms with Gasteiger partial charge in [0.15, 0.2) is 11.5 Å². The van der Waals surface area contributed by atoms with E-state index in [0.717, 1.165) is 5.56 Å². The van der Waals surface area contributed by atoms with Crippen LogP contribution in [0, 0.1) is 0 Å². The molecule has 0 aliphatic carbocycles. The van der Waals surface area contributed by atoms with Crippen molar-refractivity contribution >= 4 is 63.5 Å². The van der Waals surface area contributed by atoms with E-state index in [-0.39, 0.29) is 12.5 Å². The number of thioether (sulfide) groups is 1. The molecule has 2 aromatic rings. The summed E-state index contributed by atoms with van der Waals surface area (Å²) < 4.78 is 12.2. The molecule has 0 radical (unpaired) electrons. The summed E-state index contributed by atoms with van der Waals surface area (Å²) in [5.41, 5.74) is 1.51. The molecule has 8 heteroatoms. The predicted molar refractivity (Wildman–Crippen MR) is 128 cm³/mol. The standard InChI is InChI=1S/C22H19Cl2NO3S2/c1-3-10-25-21(26)20(30-22(25)29)12-14-8-9-18(19(11-14)27-4-2)28-13-15-16(23)6-5-7-17(15)24/h3,5-9,11-12H,1,4,10,13H2,2H3/b20-12+. The van der Waals surface area contributed by atoms with Gasteiger partial charge in [0.1, 0.15) is 10.9 Å². The van der Waals surface area contributed by atoms with Crippen molar-refractivity contribution in [3.05, 3.63) is 75.1 Å². The molecule has 1 aliphatic heterocycles. The molecule has 0 unspecified atom stereocenters. The number of rotatable bonds is 8. The van der Waals surface area contributed by atoms with Crippen molar-refractivity contribution < 1.29 is 14.3 Å². The van der Waals surface area contributed by atoms with Crippen LogP contribution in [0.5, 0.6) is 11.5 Å². The lowest BCUT2D eigenvalue weighted by Gasteiger charge is -2.14. The van der Waals surface area contributed by atoms with Gasteiger partial charge in [-0.05, 0) is 42.8 Å². The van der Waals surface area contributed by atoms with Crippen molar-refractivity contribution in [2.24, 2.45) is 0 Å². The maximum absolute atomic E-state index is 12.5. The Labute approximate surface area is 195 Å². The zero-order chi connectivity index (χ0) is 21.7. The Bertz CT molecular complexity index is 1000. The molecule has 0 atom stereocenters. The number of carbonyl (C=O) groups excluding carboxylic acids is 1. The second-order valence-corrected chi connectivity index (χ2v) is 8.70. The van der Waals surface area contributed by atoms with E-state index in [1.165, 1.54) is 16.7 Å². The van der Waals surface area contributed by atoms with Gasteiger partial charge in [-0.15, -0.1) is 6.58 Å². The molecule has 1 fully saturated rings. The summed E-state index contributed by atoms with van der Waals surface area (Å²) >= 11 is 19.0. The molecular formula is C22H19Cl2NO3S2.